The molecule has 0 aliphatic heterocycles. The predicted octanol–water partition coefficient (Wildman–Crippen LogP) is 7.17. The van der Waals surface area contributed by atoms with E-state index >= 15 is 0 Å². The van der Waals surface area contributed by atoms with Crippen LogP contribution in [0.4, 0.5) is 8.78 Å². The molecule has 1 heterocycles. The Labute approximate surface area is 213 Å². The van der Waals surface area contributed by atoms with Crippen LogP contribution < -0.4 is 10.7 Å². The molecule has 3 aromatic carbocycles. The first-order valence-electron chi connectivity index (χ1n) is 12.1. The zero-order valence-electron chi connectivity index (χ0n) is 21.1. The maximum absolute atomic E-state index is 13.3. The number of halogens is 2. The molecule has 2 N–H and O–H groups in total. The van der Waals surface area contributed by atoms with Crippen molar-refractivity contribution in [2.45, 2.75) is 46.1 Å². The third-order valence-electron chi connectivity index (χ3n) is 6.71. The topological polar surface area (TPSA) is 79.5 Å². The van der Waals surface area contributed by atoms with Crippen LogP contribution in [0.3, 0.4) is 0 Å². The second kappa shape index (κ2) is 10.6. The van der Waals surface area contributed by atoms with Crippen molar-refractivity contribution >= 4 is 16.9 Å². The molecular weight excluding hydrogens is 476 g/mol. The molecule has 37 heavy (non-hydrogen) atoms. The maximum Gasteiger partial charge on any atom is 0.336 e. The minimum Gasteiger partial charge on any atom is -0.478 e. The number of hydrogen-bond donors (Lipinski definition) is 2. The summed E-state index contributed by atoms with van der Waals surface area (Å²) in [6.45, 7) is 7.93. The van der Waals surface area contributed by atoms with Crippen LogP contribution in [0.25, 0.3) is 22.3 Å². The second-order valence-corrected chi connectivity index (χ2v) is 9.47. The van der Waals surface area contributed by atoms with Crippen molar-refractivity contribution in [2.75, 3.05) is 6.54 Å². The van der Waals surface area contributed by atoms with Crippen LogP contribution >= 0.6 is 0 Å². The molecule has 7 heteroatoms. The number of carboxylic acids is 1. The smallest absolute Gasteiger partial charge is 0.336 e. The van der Waals surface area contributed by atoms with Gasteiger partial charge >= 0.3 is 5.97 Å². The largest absolute Gasteiger partial charge is 0.478 e. The summed E-state index contributed by atoms with van der Waals surface area (Å²) in [5.74, 6) is -0.815. The van der Waals surface area contributed by atoms with Gasteiger partial charge in [0.2, 0.25) is 0 Å². The molecule has 0 bridgehead atoms. The van der Waals surface area contributed by atoms with Crippen molar-refractivity contribution in [3.63, 3.8) is 0 Å². The minimum atomic E-state index is -2.63. The molecule has 5 nitrogen and oxygen atoms in total. The number of fused-ring (bicyclic) bond motifs is 1. The van der Waals surface area contributed by atoms with Gasteiger partial charge in [-0.25, -0.2) is 13.6 Å². The van der Waals surface area contributed by atoms with Crippen molar-refractivity contribution in [1.29, 1.82) is 0 Å². The summed E-state index contributed by atoms with van der Waals surface area (Å²) in [6, 6.07) is 16.3. The van der Waals surface area contributed by atoms with E-state index in [9.17, 15) is 23.5 Å². The van der Waals surface area contributed by atoms with Gasteiger partial charge in [-0.05, 0) is 61.6 Å². The van der Waals surface area contributed by atoms with E-state index in [1.165, 1.54) is 18.2 Å². The Morgan fingerprint density at radius 1 is 1.00 bits per heavy atom. The lowest BCUT2D eigenvalue weighted by molar-refractivity contribution is 0.0695. The predicted molar refractivity (Wildman–Crippen MR) is 141 cm³/mol. The third kappa shape index (κ3) is 5.32. The molecule has 0 saturated carbocycles. The van der Waals surface area contributed by atoms with Gasteiger partial charge in [0.1, 0.15) is 11.3 Å². The summed E-state index contributed by atoms with van der Waals surface area (Å²) in [4.78, 5) is 25.0. The number of aryl methyl sites for hydroxylation is 1. The molecule has 2 atom stereocenters. The van der Waals surface area contributed by atoms with Crippen LogP contribution in [-0.2, 0) is 0 Å². The number of alkyl halides is 2. The number of aromatic carboxylic acids is 1. The standard InChI is InChI=1S/C30H29F2NO4/c1-16-12-24(17(2)15-33-19(4)22-10-5-6-11-23(22)30(35)36)28-25(13-16)26(34)18(3)27(37-28)20-8-7-9-21(14-20)29(31)32/h5-14,17,19,29,33H,15H2,1-4H3,(H,35,36)/t17-,19?/m0/s1. The fourth-order valence-corrected chi connectivity index (χ4v) is 4.67. The second-order valence-electron chi connectivity index (χ2n) is 9.47. The van der Waals surface area contributed by atoms with Gasteiger partial charge in [-0.15, -0.1) is 0 Å². The maximum atomic E-state index is 13.3. The van der Waals surface area contributed by atoms with Crippen molar-refractivity contribution in [1.82, 2.24) is 5.32 Å². The number of nitrogens with one attached hydrogen (secondary N) is 1. The van der Waals surface area contributed by atoms with Crippen LogP contribution in [0.2, 0.25) is 0 Å². The Morgan fingerprint density at radius 2 is 1.73 bits per heavy atom. The molecule has 1 aromatic heterocycles. The van der Waals surface area contributed by atoms with E-state index in [-0.39, 0.29) is 34.3 Å². The molecule has 0 radical (unpaired) electrons. The Morgan fingerprint density at radius 3 is 2.43 bits per heavy atom. The quantitative estimate of drug-likeness (QED) is 0.265. The molecule has 0 aliphatic rings. The van der Waals surface area contributed by atoms with Crippen molar-refractivity contribution in [3.8, 4) is 11.3 Å². The number of carboxylic acid groups (broad SMARTS) is 1. The average Bonchev–Trinajstić information content (AvgIpc) is 2.89. The van der Waals surface area contributed by atoms with Crippen LogP contribution in [0.5, 0.6) is 0 Å². The van der Waals surface area contributed by atoms with Crippen LogP contribution in [0, 0.1) is 13.8 Å². The molecule has 192 valence electrons. The fourth-order valence-electron chi connectivity index (χ4n) is 4.67. The Kier molecular flexibility index (Phi) is 7.55. The molecule has 0 spiro atoms. The molecule has 4 aromatic rings. The fraction of sp³-hybridized carbons (Fsp3) is 0.267. The lowest BCUT2D eigenvalue weighted by Crippen LogP contribution is -2.25. The zero-order chi connectivity index (χ0) is 26.9. The summed E-state index contributed by atoms with van der Waals surface area (Å²) < 4.78 is 32.9. The molecule has 0 amide bonds. The lowest BCUT2D eigenvalue weighted by atomic mass is 9.94. The van der Waals surface area contributed by atoms with Crippen LogP contribution in [0.1, 0.15) is 70.4 Å². The summed E-state index contributed by atoms with van der Waals surface area (Å²) in [6.07, 6.45) is -2.63. The highest BCUT2D eigenvalue weighted by atomic mass is 19.3. The first-order chi connectivity index (χ1) is 17.6. The van der Waals surface area contributed by atoms with Gasteiger partial charge in [0.05, 0.1) is 10.9 Å². The van der Waals surface area contributed by atoms with Crippen molar-refractivity contribution in [3.05, 3.63) is 104 Å². The van der Waals surface area contributed by atoms with E-state index in [2.05, 4.69) is 5.32 Å². The highest BCUT2D eigenvalue weighted by Crippen LogP contribution is 2.33. The van der Waals surface area contributed by atoms with Crippen molar-refractivity contribution in [2.24, 2.45) is 0 Å². The number of rotatable bonds is 8. The number of benzene rings is 3. The molecular formula is C30H29F2NO4. The van der Waals surface area contributed by atoms with Gasteiger partial charge in [-0.1, -0.05) is 49.4 Å². The van der Waals surface area contributed by atoms with E-state index in [1.54, 1.807) is 43.3 Å². The van der Waals surface area contributed by atoms with Crippen LogP contribution in [-0.4, -0.2) is 17.6 Å². The highest BCUT2D eigenvalue weighted by Gasteiger charge is 2.21. The normalized spacial score (nSPS) is 13.2. The number of carbonyl (C=O) groups is 1. The van der Waals surface area contributed by atoms with Gasteiger partial charge in [-0.2, -0.15) is 0 Å². The third-order valence-corrected chi connectivity index (χ3v) is 6.71. The molecule has 0 aliphatic carbocycles. The Balaban J connectivity index is 1.73. The van der Waals surface area contributed by atoms with E-state index < -0.39 is 12.4 Å². The van der Waals surface area contributed by atoms with Gasteiger partial charge in [0.25, 0.3) is 6.43 Å². The van der Waals surface area contributed by atoms with E-state index in [0.717, 1.165) is 11.1 Å². The van der Waals surface area contributed by atoms with E-state index in [0.29, 0.717) is 34.2 Å². The van der Waals surface area contributed by atoms with Gasteiger partial charge in [0, 0.05) is 29.3 Å². The summed E-state index contributed by atoms with van der Waals surface area (Å²) in [5.41, 5.74) is 3.50. The molecule has 0 fully saturated rings. The summed E-state index contributed by atoms with van der Waals surface area (Å²) in [7, 11) is 0. The first-order valence-corrected chi connectivity index (χ1v) is 12.1. The Hall–Kier alpha value is -3.84. The zero-order valence-corrected chi connectivity index (χ0v) is 21.1. The van der Waals surface area contributed by atoms with E-state index in [4.69, 9.17) is 4.42 Å². The van der Waals surface area contributed by atoms with Gasteiger partial charge in [0.15, 0.2) is 5.43 Å². The highest BCUT2D eigenvalue weighted by molar-refractivity contribution is 5.89. The van der Waals surface area contributed by atoms with Crippen LogP contribution in [0.15, 0.2) is 69.9 Å². The minimum absolute atomic E-state index is 0.104. The van der Waals surface area contributed by atoms with Crippen molar-refractivity contribution < 1.29 is 23.1 Å². The molecule has 1 unspecified atom stereocenters. The first kappa shape index (κ1) is 26.2. The monoisotopic (exact) mass is 505 g/mol. The Bertz CT molecular complexity index is 1530. The van der Waals surface area contributed by atoms with Gasteiger partial charge < -0.3 is 14.8 Å². The average molecular weight is 506 g/mol. The summed E-state index contributed by atoms with van der Waals surface area (Å²) >= 11 is 0. The number of hydrogen-bond acceptors (Lipinski definition) is 4. The summed E-state index contributed by atoms with van der Waals surface area (Å²) in [5, 5.41) is 13.4. The SMILES string of the molecule is Cc1cc([C@@H](C)CNC(C)c2ccccc2C(=O)O)c2oc(-c3cccc(C(F)F)c3)c(C)c(=O)c2c1. The molecule has 4 rings (SSSR count). The van der Waals surface area contributed by atoms with E-state index in [1.807, 2.05) is 26.8 Å². The lowest BCUT2D eigenvalue weighted by Gasteiger charge is -2.21. The van der Waals surface area contributed by atoms with Gasteiger partial charge in [-0.3, -0.25) is 4.79 Å². The molecule has 0 saturated heterocycles.